The maximum atomic E-state index is 12.9. The summed E-state index contributed by atoms with van der Waals surface area (Å²) in [5, 5.41) is 16.6. The Hall–Kier alpha value is -3.23. The average Bonchev–Trinajstić information content (AvgIpc) is 3.17. The highest BCUT2D eigenvalue weighted by atomic mass is 19.3. The van der Waals surface area contributed by atoms with Crippen LogP contribution in [0.1, 0.15) is 29.1 Å². The maximum Gasteiger partial charge on any atom is 0.333 e. The number of para-hydroxylation sites is 1. The Bertz CT molecular complexity index is 1030. The molecule has 0 radical (unpaired) electrons. The maximum absolute atomic E-state index is 12.9. The summed E-state index contributed by atoms with van der Waals surface area (Å²) in [6.07, 6.45) is 1.59. The number of aryl methyl sites for hydroxylation is 1. The number of benzene rings is 1. The molecule has 1 unspecified atom stereocenters. The monoisotopic (exact) mass is 390 g/mol. The van der Waals surface area contributed by atoms with Crippen molar-refractivity contribution in [2.75, 3.05) is 0 Å². The molecule has 3 aromatic rings. The van der Waals surface area contributed by atoms with Crippen molar-refractivity contribution in [3.63, 3.8) is 0 Å². The minimum atomic E-state index is -2.80. The first kappa shape index (κ1) is 19.5. The molecule has 1 aromatic carbocycles. The molecule has 7 nitrogen and oxygen atoms in total. The van der Waals surface area contributed by atoms with E-state index in [1.54, 1.807) is 6.20 Å². The van der Waals surface area contributed by atoms with Gasteiger partial charge in [-0.2, -0.15) is 13.9 Å². The number of hydrogen-bond donors (Lipinski definition) is 3. The highest BCUT2D eigenvalue weighted by molar-refractivity contribution is 5.87. The number of fused-ring (bicyclic) bond motifs is 1. The number of nitrogens with zero attached hydrogens (tertiary/aromatic N) is 2. The second-order valence-electron chi connectivity index (χ2n) is 6.57. The van der Waals surface area contributed by atoms with E-state index in [4.69, 9.17) is 0 Å². The van der Waals surface area contributed by atoms with Crippen LogP contribution in [0.4, 0.5) is 8.78 Å². The minimum Gasteiger partial charge on any atom is -0.480 e. The van der Waals surface area contributed by atoms with Crippen LogP contribution in [0, 0.1) is 13.8 Å². The van der Waals surface area contributed by atoms with E-state index in [-0.39, 0.29) is 18.5 Å². The molecular weight excluding hydrogens is 370 g/mol. The highest BCUT2D eigenvalue weighted by Gasteiger charge is 2.24. The lowest BCUT2D eigenvalue weighted by Crippen LogP contribution is -2.43. The van der Waals surface area contributed by atoms with Gasteiger partial charge in [-0.1, -0.05) is 18.2 Å². The quantitative estimate of drug-likeness (QED) is 0.578. The first-order chi connectivity index (χ1) is 13.3. The molecule has 0 fully saturated rings. The van der Waals surface area contributed by atoms with E-state index in [1.165, 1.54) is 13.8 Å². The molecule has 0 spiro atoms. The van der Waals surface area contributed by atoms with E-state index in [9.17, 15) is 23.5 Å². The van der Waals surface area contributed by atoms with Crippen molar-refractivity contribution in [2.45, 2.75) is 39.3 Å². The number of aliphatic carboxylic acids is 1. The number of rotatable bonds is 7. The number of hydrogen-bond acceptors (Lipinski definition) is 3. The molecule has 0 aliphatic rings. The smallest absolute Gasteiger partial charge is 0.333 e. The molecule has 0 saturated carbocycles. The van der Waals surface area contributed by atoms with Crippen LogP contribution < -0.4 is 5.32 Å². The first-order valence-corrected chi connectivity index (χ1v) is 8.67. The number of nitrogens with one attached hydrogen (secondary N) is 2. The summed E-state index contributed by atoms with van der Waals surface area (Å²) in [5.41, 5.74) is 2.51. The zero-order valence-corrected chi connectivity index (χ0v) is 15.4. The first-order valence-electron chi connectivity index (χ1n) is 8.67. The highest BCUT2D eigenvalue weighted by Crippen LogP contribution is 2.21. The molecular formula is C19H20F2N4O3. The van der Waals surface area contributed by atoms with Gasteiger partial charge in [0.2, 0.25) is 5.91 Å². The zero-order valence-electron chi connectivity index (χ0n) is 15.4. The van der Waals surface area contributed by atoms with E-state index < -0.39 is 24.5 Å². The van der Waals surface area contributed by atoms with Crippen LogP contribution in [0.3, 0.4) is 0 Å². The Morgan fingerprint density at radius 2 is 2.00 bits per heavy atom. The number of H-pyrrole nitrogens is 1. The lowest BCUT2D eigenvalue weighted by molar-refractivity contribution is -0.141. The number of carbonyl (C=O) groups excluding carboxylic acids is 1. The molecule has 0 aliphatic carbocycles. The van der Waals surface area contributed by atoms with Gasteiger partial charge >= 0.3 is 12.5 Å². The van der Waals surface area contributed by atoms with Crippen molar-refractivity contribution in [1.82, 2.24) is 20.1 Å². The molecule has 2 aromatic heterocycles. The van der Waals surface area contributed by atoms with E-state index in [0.29, 0.717) is 15.9 Å². The second kappa shape index (κ2) is 7.79. The standard InChI is InChI=1S/C19H20F2N4O3/c1-10-14(11(2)25(24-10)19(20)21)8-17(26)23-16(18(27)28)7-12-9-22-15-6-4-3-5-13(12)15/h3-6,9,16,19,22H,7-8H2,1-2H3,(H,23,26)(H,27,28). The molecule has 148 valence electrons. The van der Waals surface area contributed by atoms with Crippen molar-refractivity contribution in [3.8, 4) is 0 Å². The van der Waals surface area contributed by atoms with Gasteiger partial charge in [0, 0.05) is 34.8 Å². The number of aromatic amines is 1. The Morgan fingerprint density at radius 3 is 2.64 bits per heavy atom. The van der Waals surface area contributed by atoms with Crippen molar-refractivity contribution < 1.29 is 23.5 Å². The van der Waals surface area contributed by atoms with Gasteiger partial charge < -0.3 is 15.4 Å². The largest absolute Gasteiger partial charge is 0.480 e. The minimum absolute atomic E-state index is 0.0966. The van der Waals surface area contributed by atoms with Gasteiger partial charge in [-0.15, -0.1) is 0 Å². The Balaban J connectivity index is 1.74. The predicted octanol–water partition coefficient (Wildman–Crippen LogP) is 2.73. The van der Waals surface area contributed by atoms with Gasteiger partial charge in [-0.3, -0.25) is 4.79 Å². The normalized spacial score (nSPS) is 12.5. The molecule has 28 heavy (non-hydrogen) atoms. The molecule has 3 N–H and O–H groups in total. The van der Waals surface area contributed by atoms with Gasteiger partial charge in [-0.25, -0.2) is 9.48 Å². The fourth-order valence-electron chi connectivity index (χ4n) is 3.27. The van der Waals surface area contributed by atoms with Crippen LogP contribution in [-0.4, -0.2) is 37.8 Å². The number of carbonyl (C=O) groups is 2. The number of carboxylic acid groups (broad SMARTS) is 1. The van der Waals surface area contributed by atoms with Gasteiger partial charge in [0.25, 0.3) is 0 Å². The predicted molar refractivity (Wildman–Crippen MR) is 98.2 cm³/mol. The number of amides is 1. The van der Waals surface area contributed by atoms with E-state index >= 15 is 0 Å². The summed E-state index contributed by atoms with van der Waals surface area (Å²) < 4.78 is 26.4. The summed E-state index contributed by atoms with van der Waals surface area (Å²) in [4.78, 5) is 27.1. The third kappa shape index (κ3) is 3.88. The fourth-order valence-corrected chi connectivity index (χ4v) is 3.27. The molecule has 1 atom stereocenters. The molecule has 0 bridgehead atoms. The third-order valence-electron chi connectivity index (χ3n) is 4.73. The van der Waals surface area contributed by atoms with E-state index in [2.05, 4.69) is 15.4 Å². The van der Waals surface area contributed by atoms with Crippen LogP contribution in [0.2, 0.25) is 0 Å². The Morgan fingerprint density at radius 1 is 1.29 bits per heavy atom. The van der Waals surface area contributed by atoms with Gasteiger partial charge in [0.1, 0.15) is 6.04 Å². The number of carboxylic acids is 1. The molecule has 0 saturated heterocycles. The van der Waals surface area contributed by atoms with Crippen LogP contribution >= 0.6 is 0 Å². The fraction of sp³-hybridized carbons (Fsp3) is 0.316. The topological polar surface area (TPSA) is 100 Å². The van der Waals surface area contributed by atoms with Crippen LogP contribution in [0.5, 0.6) is 0 Å². The van der Waals surface area contributed by atoms with Crippen LogP contribution in [0.25, 0.3) is 10.9 Å². The lowest BCUT2D eigenvalue weighted by atomic mass is 10.0. The number of halogens is 2. The number of alkyl halides is 2. The zero-order chi connectivity index (χ0) is 20.4. The number of aromatic nitrogens is 3. The molecule has 3 rings (SSSR count). The van der Waals surface area contributed by atoms with Crippen molar-refractivity contribution in [3.05, 3.63) is 53.0 Å². The van der Waals surface area contributed by atoms with Gasteiger partial charge in [0.05, 0.1) is 12.1 Å². The van der Waals surface area contributed by atoms with E-state index in [1.807, 2.05) is 24.3 Å². The van der Waals surface area contributed by atoms with Crippen LogP contribution in [0.15, 0.2) is 30.5 Å². The summed E-state index contributed by atoms with van der Waals surface area (Å²) in [6, 6.07) is 6.31. The van der Waals surface area contributed by atoms with Gasteiger partial charge in [0.15, 0.2) is 0 Å². The van der Waals surface area contributed by atoms with Crippen molar-refractivity contribution >= 4 is 22.8 Å². The summed E-state index contributed by atoms with van der Waals surface area (Å²) in [5.74, 6) is -1.73. The van der Waals surface area contributed by atoms with Gasteiger partial charge in [-0.05, 0) is 25.5 Å². The Kier molecular flexibility index (Phi) is 5.43. The average molecular weight is 390 g/mol. The SMILES string of the molecule is Cc1nn(C(F)F)c(C)c1CC(=O)NC(Cc1c[nH]c2ccccc12)C(=O)O. The van der Waals surface area contributed by atoms with Crippen molar-refractivity contribution in [1.29, 1.82) is 0 Å². The third-order valence-corrected chi connectivity index (χ3v) is 4.73. The summed E-state index contributed by atoms with van der Waals surface area (Å²) >= 11 is 0. The molecule has 9 heteroatoms. The van der Waals surface area contributed by atoms with E-state index in [0.717, 1.165) is 16.5 Å². The molecule has 1 amide bonds. The second-order valence-corrected chi connectivity index (χ2v) is 6.57. The summed E-state index contributed by atoms with van der Waals surface area (Å²) in [6.45, 7) is 0.189. The van der Waals surface area contributed by atoms with Crippen LogP contribution in [-0.2, 0) is 22.4 Å². The lowest BCUT2D eigenvalue weighted by Gasteiger charge is -2.14. The van der Waals surface area contributed by atoms with Crippen molar-refractivity contribution in [2.24, 2.45) is 0 Å². The molecule has 2 heterocycles. The molecule has 0 aliphatic heterocycles. The summed E-state index contributed by atoms with van der Waals surface area (Å²) in [7, 11) is 0. The Labute approximate surface area is 159 Å².